The van der Waals surface area contributed by atoms with Crippen molar-refractivity contribution in [2.75, 3.05) is 11.9 Å². The van der Waals surface area contributed by atoms with Gasteiger partial charge in [0.25, 0.3) is 5.56 Å². The summed E-state index contributed by atoms with van der Waals surface area (Å²) in [4.78, 5) is 13.2. The van der Waals surface area contributed by atoms with E-state index in [0.717, 1.165) is 5.56 Å². The fourth-order valence-corrected chi connectivity index (χ4v) is 2.04. The Morgan fingerprint density at radius 1 is 1.33 bits per heavy atom. The Morgan fingerprint density at radius 2 is 2.06 bits per heavy atom. The molecule has 6 heteroatoms. The lowest BCUT2D eigenvalue weighted by Gasteiger charge is -2.20. The molecule has 2 aromatic rings. The van der Waals surface area contributed by atoms with E-state index in [-0.39, 0.29) is 5.02 Å². The molecule has 0 aliphatic rings. The van der Waals surface area contributed by atoms with E-state index >= 15 is 0 Å². The van der Waals surface area contributed by atoms with Gasteiger partial charge in [0.05, 0.1) is 11.9 Å². The van der Waals surface area contributed by atoms with Gasteiger partial charge >= 0.3 is 0 Å². The quantitative estimate of drug-likeness (QED) is 0.942. The van der Waals surface area contributed by atoms with Gasteiger partial charge in [0, 0.05) is 18.6 Å². The van der Waals surface area contributed by atoms with Gasteiger partial charge in [-0.25, -0.2) is 5.10 Å². The number of anilines is 1. The molecular weight excluding hydrogens is 273 g/mol. The van der Waals surface area contributed by atoms with Crippen molar-refractivity contribution in [2.24, 2.45) is 0 Å². The molecule has 0 aliphatic carbocycles. The van der Waals surface area contributed by atoms with Crippen LogP contribution in [0.5, 0.6) is 0 Å². The van der Waals surface area contributed by atoms with E-state index in [1.807, 2.05) is 36.2 Å². The van der Waals surface area contributed by atoms with E-state index < -0.39 is 5.56 Å². The van der Waals surface area contributed by atoms with Crippen LogP contribution in [0.25, 0.3) is 0 Å². The fourth-order valence-electron chi connectivity index (χ4n) is 1.61. The predicted octanol–water partition coefficient (Wildman–Crippen LogP) is 2.71. The lowest BCUT2D eigenvalue weighted by Crippen LogP contribution is -2.21. The molecule has 1 heterocycles. The average Bonchev–Trinajstić information content (AvgIpc) is 2.35. The summed E-state index contributed by atoms with van der Waals surface area (Å²) >= 11 is 12.0. The molecule has 0 amide bonds. The van der Waals surface area contributed by atoms with Gasteiger partial charge in [0.15, 0.2) is 0 Å². The van der Waals surface area contributed by atoms with Gasteiger partial charge in [-0.3, -0.25) is 4.79 Å². The van der Waals surface area contributed by atoms with Crippen molar-refractivity contribution in [1.29, 1.82) is 0 Å². The summed E-state index contributed by atoms with van der Waals surface area (Å²) in [6.45, 7) is 0.546. The highest BCUT2D eigenvalue weighted by atomic mass is 35.5. The number of rotatable bonds is 3. The Bertz CT molecular complexity index is 612. The summed E-state index contributed by atoms with van der Waals surface area (Å²) in [6, 6.07) is 7.52. The molecule has 18 heavy (non-hydrogen) atoms. The van der Waals surface area contributed by atoms with Gasteiger partial charge < -0.3 is 4.90 Å². The Labute approximate surface area is 114 Å². The van der Waals surface area contributed by atoms with Crippen LogP contribution in [-0.4, -0.2) is 17.2 Å². The van der Waals surface area contributed by atoms with Crippen LogP contribution in [-0.2, 0) is 6.54 Å². The molecule has 0 fully saturated rings. The zero-order valence-corrected chi connectivity index (χ0v) is 11.2. The molecule has 94 valence electrons. The highest BCUT2D eigenvalue weighted by Gasteiger charge is 2.11. The number of benzene rings is 1. The largest absolute Gasteiger partial charge is 0.368 e. The van der Waals surface area contributed by atoms with Crippen molar-refractivity contribution < 1.29 is 0 Å². The minimum Gasteiger partial charge on any atom is -0.368 e. The number of hydrogen-bond donors (Lipinski definition) is 1. The average molecular weight is 284 g/mol. The molecule has 0 unspecified atom stereocenters. The Morgan fingerprint density at radius 3 is 2.78 bits per heavy atom. The van der Waals surface area contributed by atoms with Crippen molar-refractivity contribution in [3.63, 3.8) is 0 Å². The Hall–Kier alpha value is -1.52. The van der Waals surface area contributed by atoms with Gasteiger partial charge in [-0.1, -0.05) is 41.4 Å². The van der Waals surface area contributed by atoms with Gasteiger partial charge in [-0.05, 0) is 11.6 Å². The SMILES string of the molecule is CN(Cc1ccccc1Cl)c1cn[nH]c(=O)c1Cl. The summed E-state index contributed by atoms with van der Waals surface area (Å²) in [7, 11) is 1.83. The first-order chi connectivity index (χ1) is 8.59. The molecule has 1 aromatic heterocycles. The number of aromatic amines is 1. The van der Waals surface area contributed by atoms with Crippen LogP contribution in [0.15, 0.2) is 35.3 Å². The normalized spacial score (nSPS) is 10.4. The molecule has 1 aromatic carbocycles. The maximum atomic E-state index is 11.4. The van der Waals surface area contributed by atoms with Crippen LogP contribution >= 0.6 is 23.2 Å². The van der Waals surface area contributed by atoms with E-state index in [1.165, 1.54) is 6.20 Å². The first-order valence-electron chi connectivity index (χ1n) is 5.27. The highest BCUT2D eigenvalue weighted by molar-refractivity contribution is 6.33. The first-order valence-corrected chi connectivity index (χ1v) is 6.03. The molecule has 0 atom stereocenters. The van der Waals surface area contributed by atoms with Gasteiger partial charge in [0.2, 0.25) is 0 Å². The van der Waals surface area contributed by atoms with E-state index in [1.54, 1.807) is 0 Å². The molecule has 0 bridgehead atoms. The third kappa shape index (κ3) is 2.66. The maximum absolute atomic E-state index is 11.4. The van der Waals surface area contributed by atoms with E-state index in [0.29, 0.717) is 17.3 Å². The third-order valence-corrected chi connectivity index (χ3v) is 3.29. The van der Waals surface area contributed by atoms with Crippen molar-refractivity contribution in [1.82, 2.24) is 10.2 Å². The summed E-state index contributed by atoms with van der Waals surface area (Å²) < 4.78 is 0. The summed E-state index contributed by atoms with van der Waals surface area (Å²) in [5, 5.41) is 6.82. The highest BCUT2D eigenvalue weighted by Crippen LogP contribution is 2.23. The monoisotopic (exact) mass is 283 g/mol. The fraction of sp³-hybridized carbons (Fsp3) is 0.167. The molecule has 1 N–H and O–H groups in total. The number of aromatic nitrogens is 2. The van der Waals surface area contributed by atoms with Crippen LogP contribution in [0, 0.1) is 0 Å². The Kier molecular flexibility index (Phi) is 3.89. The van der Waals surface area contributed by atoms with Crippen molar-refractivity contribution in [3.8, 4) is 0 Å². The minimum absolute atomic E-state index is 0.125. The van der Waals surface area contributed by atoms with Gasteiger partial charge in [-0.2, -0.15) is 5.10 Å². The second-order valence-electron chi connectivity index (χ2n) is 3.85. The molecular formula is C12H11Cl2N3O. The van der Waals surface area contributed by atoms with Gasteiger partial charge in [0.1, 0.15) is 5.02 Å². The smallest absolute Gasteiger partial charge is 0.285 e. The standard InChI is InChI=1S/C12H11Cl2N3O/c1-17(7-8-4-2-3-5-9(8)13)10-6-15-16-12(18)11(10)14/h2-6H,7H2,1H3,(H,16,18). The molecule has 0 radical (unpaired) electrons. The molecule has 4 nitrogen and oxygen atoms in total. The van der Waals surface area contributed by atoms with Crippen LogP contribution in [0.3, 0.4) is 0 Å². The topological polar surface area (TPSA) is 49.0 Å². The van der Waals surface area contributed by atoms with E-state index in [4.69, 9.17) is 23.2 Å². The summed E-state index contributed by atoms with van der Waals surface area (Å²) in [5.74, 6) is 0. The molecule has 0 saturated carbocycles. The summed E-state index contributed by atoms with van der Waals surface area (Å²) in [5.41, 5.74) is 1.12. The second kappa shape index (κ2) is 5.42. The van der Waals surface area contributed by atoms with E-state index in [9.17, 15) is 4.79 Å². The summed E-state index contributed by atoms with van der Waals surface area (Å²) in [6.07, 6.45) is 1.51. The van der Waals surface area contributed by atoms with Gasteiger partial charge in [-0.15, -0.1) is 0 Å². The van der Waals surface area contributed by atoms with Crippen LogP contribution < -0.4 is 10.5 Å². The van der Waals surface area contributed by atoms with Crippen LogP contribution in [0.2, 0.25) is 10.0 Å². The molecule has 0 saturated heterocycles. The van der Waals surface area contributed by atoms with Crippen LogP contribution in [0.1, 0.15) is 5.56 Å². The first kappa shape index (κ1) is 12.9. The Balaban J connectivity index is 2.28. The zero-order valence-electron chi connectivity index (χ0n) is 9.65. The number of H-pyrrole nitrogens is 1. The number of hydrogen-bond acceptors (Lipinski definition) is 3. The zero-order chi connectivity index (χ0) is 13.1. The molecule has 0 aliphatic heterocycles. The van der Waals surface area contributed by atoms with Crippen molar-refractivity contribution in [3.05, 3.63) is 56.4 Å². The van der Waals surface area contributed by atoms with E-state index in [2.05, 4.69) is 10.2 Å². The maximum Gasteiger partial charge on any atom is 0.285 e. The predicted molar refractivity (Wildman–Crippen MR) is 73.4 cm³/mol. The molecule has 2 rings (SSSR count). The van der Waals surface area contributed by atoms with Crippen molar-refractivity contribution >= 4 is 28.9 Å². The lowest BCUT2D eigenvalue weighted by molar-refractivity contribution is 0.894. The number of halogens is 2. The third-order valence-electron chi connectivity index (χ3n) is 2.55. The molecule has 0 spiro atoms. The van der Waals surface area contributed by atoms with Crippen molar-refractivity contribution in [2.45, 2.75) is 6.54 Å². The van der Waals surface area contributed by atoms with Crippen LogP contribution in [0.4, 0.5) is 5.69 Å². The lowest BCUT2D eigenvalue weighted by atomic mass is 10.2. The number of nitrogens with zero attached hydrogens (tertiary/aromatic N) is 2. The second-order valence-corrected chi connectivity index (χ2v) is 4.63. The minimum atomic E-state index is -0.403. The number of nitrogens with one attached hydrogen (secondary N) is 1.